The van der Waals surface area contributed by atoms with Crippen LogP contribution in [-0.2, 0) is 9.59 Å². The number of halogens is 1. The lowest BCUT2D eigenvalue weighted by atomic mass is 10.1. The van der Waals surface area contributed by atoms with Gasteiger partial charge in [0.2, 0.25) is 12.0 Å². The summed E-state index contributed by atoms with van der Waals surface area (Å²) >= 11 is 6.46. The number of ether oxygens (including phenoxy) is 1. The van der Waals surface area contributed by atoms with Gasteiger partial charge in [-0.3, -0.25) is 9.59 Å². The third kappa shape index (κ3) is 5.16. The second-order valence-electron chi connectivity index (χ2n) is 7.15. The van der Waals surface area contributed by atoms with Crippen molar-refractivity contribution in [3.8, 4) is 5.75 Å². The highest BCUT2D eigenvalue weighted by molar-refractivity contribution is 6.33. The molecule has 1 atom stereocenters. The summed E-state index contributed by atoms with van der Waals surface area (Å²) in [5, 5.41) is 6.15. The normalized spacial score (nSPS) is 14.5. The number of para-hydroxylation sites is 1. The zero-order chi connectivity index (χ0) is 21.6. The summed E-state index contributed by atoms with van der Waals surface area (Å²) in [6.07, 6.45) is -0.826. The fourth-order valence-electron chi connectivity index (χ4n) is 3.43. The van der Waals surface area contributed by atoms with Crippen LogP contribution in [0.4, 0.5) is 11.4 Å². The number of benzene rings is 3. The topological polar surface area (TPSA) is 70.7 Å². The predicted molar refractivity (Wildman–Crippen MR) is 122 cm³/mol. The standard InChI is InChI=1S/C24H22ClN3O3/c25-20-15-18(11-12-21(20)28-14-13-26-22(29)16-28)27-24(30)23(17-7-3-1-4-8-17)31-19-9-5-2-6-10-19/h1-12,15,23H,13-14,16H2,(H,26,29)(H,27,30). The molecule has 3 aromatic rings. The first-order chi connectivity index (χ1) is 15.1. The van der Waals surface area contributed by atoms with E-state index < -0.39 is 6.10 Å². The van der Waals surface area contributed by atoms with Crippen LogP contribution < -0.4 is 20.3 Å². The van der Waals surface area contributed by atoms with E-state index in [9.17, 15) is 9.59 Å². The average molecular weight is 436 g/mol. The highest BCUT2D eigenvalue weighted by Crippen LogP contribution is 2.30. The van der Waals surface area contributed by atoms with Crippen LogP contribution in [0.25, 0.3) is 0 Å². The van der Waals surface area contributed by atoms with E-state index in [4.69, 9.17) is 16.3 Å². The fourth-order valence-corrected chi connectivity index (χ4v) is 3.73. The molecule has 0 saturated carbocycles. The van der Waals surface area contributed by atoms with Crippen LogP contribution in [0.2, 0.25) is 5.02 Å². The molecule has 1 aliphatic heterocycles. The number of carbonyl (C=O) groups is 2. The second-order valence-corrected chi connectivity index (χ2v) is 7.56. The Kier molecular flexibility index (Phi) is 6.38. The van der Waals surface area contributed by atoms with Gasteiger partial charge in [0.25, 0.3) is 5.91 Å². The van der Waals surface area contributed by atoms with Crippen LogP contribution in [0.1, 0.15) is 11.7 Å². The van der Waals surface area contributed by atoms with Crippen molar-refractivity contribution in [3.63, 3.8) is 0 Å². The van der Waals surface area contributed by atoms with E-state index in [0.717, 1.165) is 11.3 Å². The van der Waals surface area contributed by atoms with Crippen LogP contribution in [0.3, 0.4) is 0 Å². The molecule has 31 heavy (non-hydrogen) atoms. The zero-order valence-corrected chi connectivity index (χ0v) is 17.5. The molecule has 0 spiro atoms. The van der Waals surface area contributed by atoms with Gasteiger partial charge in [0.1, 0.15) is 5.75 Å². The first-order valence-corrected chi connectivity index (χ1v) is 10.4. The molecular formula is C24H22ClN3O3. The van der Waals surface area contributed by atoms with Gasteiger partial charge in [-0.15, -0.1) is 0 Å². The van der Waals surface area contributed by atoms with Gasteiger partial charge in [-0.1, -0.05) is 60.1 Å². The van der Waals surface area contributed by atoms with E-state index in [1.165, 1.54) is 0 Å². The van der Waals surface area contributed by atoms with Gasteiger partial charge in [0, 0.05) is 24.3 Å². The van der Waals surface area contributed by atoms with E-state index >= 15 is 0 Å². The van der Waals surface area contributed by atoms with Gasteiger partial charge in [0.15, 0.2) is 0 Å². The van der Waals surface area contributed by atoms with Crippen molar-refractivity contribution in [1.82, 2.24) is 5.32 Å². The van der Waals surface area contributed by atoms with Crippen LogP contribution >= 0.6 is 11.6 Å². The molecule has 6 nitrogen and oxygen atoms in total. The SMILES string of the molecule is O=C1CN(c2ccc(NC(=O)C(Oc3ccccc3)c3ccccc3)cc2Cl)CCN1. The first kappa shape index (κ1) is 20.8. The van der Waals surface area contributed by atoms with E-state index in [2.05, 4.69) is 10.6 Å². The molecule has 1 aliphatic rings. The minimum Gasteiger partial charge on any atom is -0.476 e. The molecule has 1 heterocycles. The van der Waals surface area contributed by atoms with Crippen molar-refractivity contribution in [3.05, 3.63) is 89.4 Å². The number of hydrogen-bond acceptors (Lipinski definition) is 4. The van der Waals surface area contributed by atoms with E-state index in [1.54, 1.807) is 12.1 Å². The van der Waals surface area contributed by atoms with Crippen LogP contribution in [0.5, 0.6) is 5.75 Å². The summed E-state index contributed by atoms with van der Waals surface area (Å²) in [7, 11) is 0. The number of hydrogen-bond donors (Lipinski definition) is 2. The van der Waals surface area contributed by atoms with Gasteiger partial charge in [-0.05, 0) is 30.3 Å². The van der Waals surface area contributed by atoms with Gasteiger partial charge in [-0.25, -0.2) is 0 Å². The fraction of sp³-hybridized carbons (Fsp3) is 0.167. The van der Waals surface area contributed by atoms with E-state index in [1.807, 2.05) is 71.6 Å². The molecule has 1 saturated heterocycles. The van der Waals surface area contributed by atoms with Crippen molar-refractivity contribution in [2.75, 3.05) is 29.9 Å². The van der Waals surface area contributed by atoms with Crippen LogP contribution in [-0.4, -0.2) is 31.4 Å². The molecule has 2 N–H and O–H groups in total. The van der Waals surface area contributed by atoms with Gasteiger partial charge < -0.3 is 20.3 Å². The summed E-state index contributed by atoms with van der Waals surface area (Å²) < 4.78 is 6.00. The number of anilines is 2. The van der Waals surface area contributed by atoms with Crippen LogP contribution in [0, 0.1) is 0 Å². The Hall–Kier alpha value is -3.51. The van der Waals surface area contributed by atoms with E-state index in [0.29, 0.717) is 29.5 Å². The highest BCUT2D eigenvalue weighted by Gasteiger charge is 2.24. The molecule has 4 rings (SSSR count). The Balaban J connectivity index is 1.53. The highest BCUT2D eigenvalue weighted by atomic mass is 35.5. The zero-order valence-electron chi connectivity index (χ0n) is 16.8. The summed E-state index contributed by atoms with van der Waals surface area (Å²) in [5.74, 6) is 0.253. The van der Waals surface area contributed by atoms with Gasteiger partial charge in [-0.2, -0.15) is 0 Å². The Labute approximate surface area is 185 Å². The summed E-state index contributed by atoms with van der Waals surface area (Å²) in [6.45, 7) is 1.51. The lowest BCUT2D eigenvalue weighted by molar-refractivity contribution is -0.123. The quantitative estimate of drug-likeness (QED) is 0.613. The molecule has 1 fully saturated rings. The monoisotopic (exact) mass is 435 g/mol. The summed E-state index contributed by atoms with van der Waals surface area (Å²) in [6, 6.07) is 23.8. The van der Waals surface area contributed by atoms with Crippen molar-refractivity contribution < 1.29 is 14.3 Å². The summed E-state index contributed by atoms with van der Waals surface area (Å²) in [5.41, 5.74) is 2.05. The Morgan fingerprint density at radius 3 is 2.42 bits per heavy atom. The number of amides is 2. The van der Waals surface area contributed by atoms with E-state index in [-0.39, 0.29) is 18.4 Å². The van der Waals surface area contributed by atoms with Gasteiger partial charge in [0.05, 0.1) is 17.3 Å². The molecule has 0 bridgehead atoms. The largest absolute Gasteiger partial charge is 0.476 e. The molecule has 158 valence electrons. The number of rotatable bonds is 6. The average Bonchev–Trinajstić information content (AvgIpc) is 2.79. The first-order valence-electron chi connectivity index (χ1n) is 9.99. The smallest absolute Gasteiger partial charge is 0.270 e. The number of nitrogens with one attached hydrogen (secondary N) is 2. The number of nitrogens with zero attached hydrogens (tertiary/aromatic N) is 1. The minimum atomic E-state index is -0.826. The molecule has 0 aromatic heterocycles. The Morgan fingerprint density at radius 2 is 1.74 bits per heavy atom. The molecule has 2 amide bonds. The second kappa shape index (κ2) is 9.53. The molecule has 0 aliphatic carbocycles. The van der Waals surface area contributed by atoms with Crippen LogP contribution in [0.15, 0.2) is 78.9 Å². The van der Waals surface area contributed by atoms with Gasteiger partial charge >= 0.3 is 0 Å². The lowest BCUT2D eigenvalue weighted by Gasteiger charge is -2.29. The molecule has 3 aromatic carbocycles. The maximum absolute atomic E-state index is 13.1. The maximum Gasteiger partial charge on any atom is 0.270 e. The molecular weight excluding hydrogens is 414 g/mol. The predicted octanol–water partition coefficient (Wildman–Crippen LogP) is 4.04. The third-order valence-corrected chi connectivity index (χ3v) is 5.23. The number of carbonyl (C=O) groups excluding carboxylic acids is 2. The van der Waals surface area contributed by atoms with Crippen molar-refractivity contribution in [2.45, 2.75) is 6.10 Å². The number of piperazine rings is 1. The Morgan fingerprint density at radius 1 is 1.03 bits per heavy atom. The molecule has 1 unspecified atom stereocenters. The molecule has 7 heteroatoms. The van der Waals surface area contributed by atoms with Crippen molar-refractivity contribution >= 4 is 34.8 Å². The summed E-state index contributed by atoms with van der Waals surface area (Å²) in [4.78, 5) is 26.7. The molecule has 0 radical (unpaired) electrons. The maximum atomic E-state index is 13.1. The minimum absolute atomic E-state index is 0.0385. The third-order valence-electron chi connectivity index (χ3n) is 4.93. The van der Waals surface area contributed by atoms with Crippen molar-refractivity contribution in [2.24, 2.45) is 0 Å². The van der Waals surface area contributed by atoms with Crippen molar-refractivity contribution in [1.29, 1.82) is 0 Å². The Bertz CT molecular complexity index is 1060. The lowest BCUT2D eigenvalue weighted by Crippen LogP contribution is -2.47.